The largest absolute Gasteiger partial charge is 0.423 e. The van der Waals surface area contributed by atoms with Crippen molar-refractivity contribution in [2.45, 2.75) is 6.92 Å². The number of nitrogens with one attached hydrogen (secondary N) is 1. The third-order valence-corrected chi connectivity index (χ3v) is 2.26. The quantitative estimate of drug-likeness (QED) is 0.635. The average molecular weight is 229 g/mol. The molecule has 0 radical (unpaired) electrons. The van der Waals surface area contributed by atoms with E-state index in [4.69, 9.17) is 4.42 Å². The molecular weight excluding hydrogens is 218 g/mol. The second-order valence-electron chi connectivity index (χ2n) is 3.74. The number of hydrogen-bond donors (Lipinski definition) is 1. The van der Waals surface area contributed by atoms with Crippen LogP contribution >= 0.6 is 0 Å². The lowest BCUT2D eigenvalue weighted by atomic mass is 10.2. The van der Waals surface area contributed by atoms with Crippen molar-refractivity contribution in [3.8, 4) is 0 Å². The number of hydrogen-bond acceptors (Lipinski definition) is 3. The van der Waals surface area contributed by atoms with Gasteiger partial charge in [-0.1, -0.05) is 6.58 Å². The maximum atomic E-state index is 11.4. The van der Waals surface area contributed by atoms with Crippen molar-refractivity contribution in [3.63, 3.8) is 0 Å². The van der Waals surface area contributed by atoms with Gasteiger partial charge in [0.2, 0.25) is 0 Å². The molecule has 0 aliphatic rings. The van der Waals surface area contributed by atoms with Crippen LogP contribution < -0.4 is 10.9 Å². The third kappa shape index (κ3) is 2.42. The van der Waals surface area contributed by atoms with E-state index in [1.54, 1.807) is 31.2 Å². The summed E-state index contributed by atoms with van der Waals surface area (Å²) in [4.78, 5) is 22.4. The van der Waals surface area contributed by atoms with Gasteiger partial charge in [0, 0.05) is 22.7 Å². The molecule has 17 heavy (non-hydrogen) atoms. The second-order valence-corrected chi connectivity index (χ2v) is 3.74. The summed E-state index contributed by atoms with van der Waals surface area (Å²) in [6.45, 7) is 5.19. The van der Waals surface area contributed by atoms with Gasteiger partial charge in [-0.25, -0.2) is 4.79 Å². The van der Waals surface area contributed by atoms with Gasteiger partial charge in [-0.15, -0.1) is 0 Å². The highest BCUT2D eigenvalue weighted by Gasteiger charge is 2.04. The molecule has 86 valence electrons. The topological polar surface area (TPSA) is 59.3 Å². The van der Waals surface area contributed by atoms with Crippen LogP contribution in [0.4, 0.5) is 5.69 Å². The standard InChI is InChI=1S/C13H11NO3/c1-8(2)13(16)14-10-4-5-11-9(7-10)3-6-12(15)17-11/h3-7H,1H2,2H3,(H,14,16). The molecule has 0 aliphatic carbocycles. The van der Waals surface area contributed by atoms with Crippen molar-refractivity contribution in [2.75, 3.05) is 5.32 Å². The Hall–Kier alpha value is -2.36. The summed E-state index contributed by atoms with van der Waals surface area (Å²) in [5.41, 5.74) is 1.17. The maximum absolute atomic E-state index is 11.4. The van der Waals surface area contributed by atoms with Crippen molar-refractivity contribution in [1.29, 1.82) is 0 Å². The SMILES string of the molecule is C=C(C)C(=O)Nc1ccc2oc(=O)ccc2c1. The summed E-state index contributed by atoms with van der Waals surface area (Å²) in [5.74, 6) is -0.235. The molecule has 0 atom stereocenters. The van der Waals surface area contributed by atoms with Crippen LogP contribution in [0.2, 0.25) is 0 Å². The normalized spacial score (nSPS) is 10.2. The lowest BCUT2D eigenvalue weighted by molar-refractivity contribution is -0.112. The molecule has 0 spiro atoms. The van der Waals surface area contributed by atoms with Crippen LogP contribution in [0.3, 0.4) is 0 Å². The number of carbonyl (C=O) groups is 1. The van der Waals surface area contributed by atoms with E-state index in [2.05, 4.69) is 11.9 Å². The van der Waals surface area contributed by atoms with E-state index < -0.39 is 5.63 Å². The smallest absolute Gasteiger partial charge is 0.336 e. The Morgan fingerprint density at radius 2 is 2.06 bits per heavy atom. The minimum absolute atomic E-state index is 0.235. The molecule has 0 aliphatic heterocycles. The highest BCUT2D eigenvalue weighted by molar-refractivity contribution is 6.03. The molecule has 4 heteroatoms. The molecular formula is C13H11NO3. The summed E-state index contributed by atoms with van der Waals surface area (Å²) in [7, 11) is 0. The van der Waals surface area contributed by atoms with E-state index >= 15 is 0 Å². The van der Waals surface area contributed by atoms with Gasteiger partial charge >= 0.3 is 5.63 Å². The number of anilines is 1. The van der Waals surface area contributed by atoms with E-state index in [-0.39, 0.29) is 5.91 Å². The fourth-order valence-corrected chi connectivity index (χ4v) is 1.39. The zero-order valence-electron chi connectivity index (χ0n) is 9.32. The zero-order valence-corrected chi connectivity index (χ0v) is 9.32. The molecule has 0 unspecified atom stereocenters. The summed E-state index contributed by atoms with van der Waals surface area (Å²) in [5, 5.41) is 3.44. The Labute approximate surface area is 97.6 Å². The van der Waals surface area contributed by atoms with Gasteiger partial charge in [-0.3, -0.25) is 4.79 Å². The van der Waals surface area contributed by atoms with Crippen molar-refractivity contribution in [1.82, 2.24) is 0 Å². The van der Waals surface area contributed by atoms with Crippen molar-refractivity contribution in [2.24, 2.45) is 0 Å². The van der Waals surface area contributed by atoms with Crippen LogP contribution in [0.25, 0.3) is 11.0 Å². The summed E-state index contributed by atoms with van der Waals surface area (Å²) in [6.07, 6.45) is 0. The minimum atomic E-state index is -0.392. The molecule has 1 N–H and O–H groups in total. The molecule has 1 aromatic carbocycles. The Kier molecular flexibility index (Phi) is 2.78. The first-order valence-corrected chi connectivity index (χ1v) is 5.07. The summed E-state index contributed by atoms with van der Waals surface area (Å²) in [6, 6.07) is 8.04. The van der Waals surface area contributed by atoms with Crippen LogP contribution in [-0.2, 0) is 4.79 Å². The Morgan fingerprint density at radius 1 is 1.29 bits per heavy atom. The number of amides is 1. The van der Waals surface area contributed by atoms with Gasteiger partial charge in [-0.2, -0.15) is 0 Å². The molecule has 1 amide bonds. The second kappa shape index (κ2) is 4.25. The fourth-order valence-electron chi connectivity index (χ4n) is 1.39. The molecule has 2 aromatic rings. The van der Waals surface area contributed by atoms with Gasteiger partial charge < -0.3 is 9.73 Å². The molecule has 0 bridgehead atoms. The van der Waals surface area contributed by atoms with Crippen LogP contribution in [-0.4, -0.2) is 5.91 Å². The predicted octanol–water partition coefficient (Wildman–Crippen LogP) is 2.31. The Morgan fingerprint density at radius 3 is 2.76 bits per heavy atom. The fraction of sp³-hybridized carbons (Fsp3) is 0.0769. The maximum Gasteiger partial charge on any atom is 0.336 e. The molecule has 1 aromatic heterocycles. The predicted molar refractivity (Wildman–Crippen MR) is 65.9 cm³/mol. The number of rotatable bonds is 2. The van der Waals surface area contributed by atoms with E-state index in [9.17, 15) is 9.59 Å². The Bertz CT molecular complexity index is 655. The van der Waals surface area contributed by atoms with E-state index in [0.717, 1.165) is 5.39 Å². The Balaban J connectivity index is 2.38. The van der Waals surface area contributed by atoms with Crippen molar-refractivity contribution >= 4 is 22.6 Å². The van der Waals surface area contributed by atoms with Gasteiger partial charge in [0.25, 0.3) is 5.91 Å². The summed E-state index contributed by atoms with van der Waals surface area (Å²) >= 11 is 0. The average Bonchev–Trinajstić information content (AvgIpc) is 2.29. The molecule has 0 saturated carbocycles. The van der Waals surface area contributed by atoms with Gasteiger partial charge in [-0.05, 0) is 31.2 Å². The third-order valence-electron chi connectivity index (χ3n) is 2.26. The molecule has 0 fully saturated rings. The first kappa shape index (κ1) is 11.1. The van der Waals surface area contributed by atoms with Crippen molar-refractivity contribution < 1.29 is 9.21 Å². The van der Waals surface area contributed by atoms with Gasteiger partial charge in [0.1, 0.15) is 5.58 Å². The highest BCUT2D eigenvalue weighted by Crippen LogP contribution is 2.17. The van der Waals surface area contributed by atoms with E-state index in [1.807, 2.05) is 0 Å². The lowest BCUT2D eigenvalue weighted by Gasteiger charge is -2.05. The first-order chi connectivity index (χ1) is 8.06. The number of carbonyl (C=O) groups excluding carboxylic acids is 1. The van der Waals surface area contributed by atoms with Crippen LogP contribution in [0.1, 0.15) is 6.92 Å². The van der Waals surface area contributed by atoms with E-state index in [0.29, 0.717) is 16.8 Å². The van der Waals surface area contributed by atoms with Gasteiger partial charge in [0.05, 0.1) is 0 Å². The molecule has 2 rings (SSSR count). The van der Waals surface area contributed by atoms with Crippen LogP contribution in [0.5, 0.6) is 0 Å². The highest BCUT2D eigenvalue weighted by atomic mass is 16.4. The van der Waals surface area contributed by atoms with Crippen molar-refractivity contribution in [3.05, 3.63) is 52.9 Å². The van der Waals surface area contributed by atoms with Gasteiger partial charge in [0.15, 0.2) is 0 Å². The van der Waals surface area contributed by atoms with E-state index in [1.165, 1.54) is 6.07 Å². The minimum Gasteiger partial charge on any atom is -0.423 e. The zero-order chi connectivity index (χ0) is 12.4. The first-order valence-electron chi connectivity index (χ1n) is 5.07. The van der Waals surface area contributed by atoms with Crippen LogP contribution in [0, 0.1) is 0 Å². The molecule has 0 saturated heterocycles. The molecule has 1 heterocycles. The number of benzene rings is 1. The summed E-state index contributed by atoms with van der Waals surface area (Å²) < 4.78 is 4.98. The molecule has 4 nitrogen and oxygen atoms in total. The van der Waals surface area contributed by atoms with Crippen LogP contribution in [0.15, 0.2) is 51.7 Å². The monoisotopic (exact) mass is 229 g/mol. The lowest BCUT2D eigenvalue weighted by Crippen LogP contribution is -2.11. The number of fused-ring (bicyclic) bond motifs is 1.